The molecule has 0 saturated carbocycles. The number of nitrogens with zero attached hydrogens (tertiary/aromatic N) is 1. The average Bonchev–Trinajstić information content (AvgIpc) is 2.78. The number of carbonyl (C=O) groups excluding carboxylic acids is 1. The topological polar surface area (TPSA) is 20.3 Å². The summed E-state index contributed by atoms with van der Waals surface area (Å²) in [7, 11) is 0. The van der Waals surface area contributed by atoms with Gasteiger partial charge in [0.2, 0.25) is 5.91 Å². The number of hydrogen-bond acceptors (Lipinski definition) is 3. The molecule has 76 valence electrons. The lowest BCUT2D eigenvalue weighted by molar-refractivity contribution is -0.128. The van der Waals surface area contributed by atoms with Crippen molar-refractivity contribution in [2.45, 2.75) is 13.0 Å². The van der Waals surface area contributed by atoms with Crippen molar-refractivity contribution in [1.29, 1.82) is 0 Å². The van der Waals surface area contributed by atoms with E-state index in [9.17, 15) is 4.79 Å². The van der Waals surface area contributed by atoms with Crippen molar-refractivity contribution in [3.63, 3.8) is 0 Å². The zero-order valence-corrected chi connectivity index (χ0v) is 9.56. The van der Waals surface area contributed by atoms with E-state index in [1.165, 1.54) is 5.56 Å². The highest BCUT2D eigenvalue weighted by Gasteiger charge is 2.28. The van der Waals surface area contributed by atoms with Crippen LogP contribution in [0.3, 0.4) is 0 Å². The molecular weight excluding hydrogens is 214 g/mol. The van der Waals surface area contributed by atoms with Crippen molar-refractivity contribution in [3.8, 4) is 0 Å². The lowest BCUT2D eigenvalue weighted by Gasteiger charge is -2.15. The van der Waals surface area contributed by atoms with E-state index in [0.29, 0.717) is 12.3 Å². The molecule has 2 rings (SSSR count). The molecule has 1 saturated heterocycles. The van der Waals surface area contributed by atoms with Gasteiger partial charge in [0.15, 0.2) is 0 Å². The predicted molar refractivity (Wildman–Crippen MR) is 61.7 cm³/mol. The molecule has 2 nitrogen and oxygen atoms in total. The third kappa shape index (κ3) is 2.12. The number of amides is 1. The minimum Gasteiger partial charge on any atom is -0.338 e. The van der Waals surface area contributed by atoms with E-state index in [4.69, 9.17) is 0 Å². The molecule has 1 aromatic heterocycles. The first-order chi connectivity index (χ1) is 6.79. The highest BCUT2D eigenvalue weighted by Crippen LogP contribution is 2.21. The van der Waals surface area contributed by atoms with Crippen LogP contribution < -0.4 is 0 Å². The van der Waals surface area contributed by atoms with Crippen LogP contribution in [-0.4, -0.2) is 23.1 Å². The minimum atomic E-state index is 0.273. The van der Waals surface area contributed by atoms with E-state index in [-0.39, 0.29) is 5.91 Å². The summed E-state index contributed by atoms with van der Waals surface area (Å²) in [6, 6.07) is 2.08. The lowest BCUT2D eigenvalue weighted by atomic mass is 10.1. The quantitative estimate of drug-likeness (QED) is 0.783. The van der Waals surface area contributed by atoms with Gasteiger partial charge in [-0.25, -0.2) is 0 Å². The fourth-order valence-electron chi connectivity index (χ4n) is 1.73. The van der Waals surface area contributed by atoms with Gasteiger partial charge in [-0.1, -0.05) is 0 Å². The zero-order valence-electron chi connectivity index (χ0n) is 7.85. The fourth-order valence-corrected chi connectivity index (χ4v) is 2.64. The van der Waals surface area contributed by atoms with Gasteiger partial charge >= 0.3 is 0 Å². The smallest absolute Gasteiger partial charge is 0.223 e. The Hall–Kier alpha value is -0.480. The molecule has 0 aromatic carbocycles. The first kappa shape index (κ1) is 10.1. The number of hydrogen-bond donors (Lipinski definition) is 1. The average molecular weight is 227 g/mol. The molecule has 1 fully saturated rings. The second-order valence-corrected chi connectivity index (χ2v) is 4.80. The van der Waals surface area contributed by atoms with Gasteiger partial charge in [0.05, 0.1) is 0 Å². The van der Waals surface area contributed by atoms with Gasteiger partial charge in [0.1, 0.15) is 0 Å². The van der Waals surface area contributed by atoms with Gasteiger partial charge < -0.3 is 4.90 Å². The van der Waals surface area contributed by atoms with E-state index in [1.807, 2.05) is 10.3 Å². The van der Waals surface area contributed by atoms with Crippen LogP contribution >= 0.6 is 24.0 Å². The third-order valence-corrected chi connectivity index (χ3v) is 3.75. The predicted octanol–water partition coefficient (Wildman–Crippen LogP) is 2.03. The highest BCUT2D eigenvalue weighted by molar-refractivity contribution is 7.80. The molecule has 14 heavy (non-hydrogen) atoms. The summed E-state index contributed by atoms with van der Waals surface area (Å²) in [4.78, 5) is 13.5. The van der Waals surface area contributed by atoms with Crippen molar-refractivity contribution in [3.05, 3.63) is 22.4 Å². The maximum absolute atomic E-state index is 11.6. The molecule has 0 bridgehead atoms. The number of rotatable bonds is 3. The van der Waals surface area contributed by atoms with Crippen LogP contribution in [0.25, 0.3) is 0 Å². The molecule has 1 unspecified atom stereocenters. The summed E-state index contributed by atoms with van der Waals surface area (Å²) < 4.78 is 0. The van der Waals surface area contributed by atoms with E-state index in [0.717, 1.165) is 18.8 Å². The Balaban J connectivity index is 1.96. The summed E-state index contributed by atoms with van der Waals surface area (Å²) in [5, 5.41) is 4.15. The molecule has 0 radical (unpaired) electrons. The minimum absolute atomic E-state index is 0.273. The van der Waals surface area contributed by atoms with Crippen LogP contribution in [0.2, 0.25) is 0 Å². The summed E-state index contributed by atoms with van der Waals surface area (Å²) in [6.07, 6.45) is 0.674. The summed E-state index contributed by atoms with van der Waals surface area (Å²) >= 11 is 5.91. The van der Waals surface area contributed by atoms with Gasteiger partial charge in [0, 0.05) is 19.5 Å². The van der Waals surface area contributed by atoms with Crippen molar-refractivity contribution < 1.29 is 4.79 Å². The van der Waals surface area contributed by atoms with Crippen molar-refractivity contribution in [2.75, 3.05) is 12.3 Å². The number of carbonyl (C=O) groups is 1. The Bertz CT molecular complexity index is 310. The van der Waals surface area contributed by atoms with E-state index < -0.39 is 0 Å². The Labute approximate surface area is 93.3 Å². The monoisotopic (exact) mass is 227 g/mol. The zero-order chi connectivity index (χ0) is 9.97. The fraction of sp³-hybridized carbons (Fsp3) is 0.500. The Morgan fingerprint density at radius 3 is 3.07 bits per heavy atom. The maximum atomic E-state index is 11.6. The number of thiol groups is 1. The molecule has 0 spiro atoms. The van der Waals surface area contributed by atoms with Crippen LogP contribution in [0.15, 0.2) is 16.8 Å². The Kier molecular flexibility index (Phi) is 3.13. The summed E-state index contributed by atoms with van der Waals surface area (Å²) in [6.45, 7) is 1.64. The SMILES string of the molecule is O=C1CC(CS)CN1Cc1ccsc1. The van der Waals surface area contributed by atoms with Gasteiger partial charge in [0.25, 0.3) is 0 Å². The van der Waals surface area contributed by atoms with Crippen molar-refractivity contribution >= 4 is 29.9 Å². The van der Waals surface area contributed by atoms with Gasteiger partial charge in [-0.05, 0) is 34.1 Å². The lowest BCUT2D eigenvalue weighted by Crippen LogP contribution is -2.24. The highest BCUT2D eigenvalue weighted by atomic mass is 32.1. The van der Waals surface area contributed by atoms with E-state index in [1.54, 1.807) is 11.3 Å². The Morgan fingerprint density at radius 2 is 2.50 bits per heavy atom. The molecule has 1 amide bonds. The first-order valence-corrected chi connectivity index (χ1v) is 6.27. The van der Waals surface area contributed by atoms with Crippen molar-refractivity contribution in [2.24, 2.45) is 5.92 Å². The van der Waals surface area contributed by atoms with E-state index >= 15 is 0 Å². The molecule has 1 aromatic rings. The summed E-state index contributed by atoms with van der Waals surface area (Å²) in [5.74, 6) is 1.53. The van der Waals surface area contributed by atoms with Crippen LogP contribution in [-0.2, 0) is 11.3 Å². The molecule has 0 aliphatic carbocycles. The molecule has 1 atom stereocenters. The van der Waals surface area contributed by atoms with Gasteiger partial charge in [-0.15, -0.1) is 0 Å². The van der Waals surface area contributed by atoms with E-state index in [2.05, 4.69) is 24.1 Å². The van der Waals surface area contributed by atoms with Gasteiger partial charge in [-0.2, -0.15) is 24.0 Å². The van der Waals surface area contributed by atoms with Crippen molar-refractivity contribution in [1.82, 2.24) is 4.90 Å². The number of thiophene rings is 1. The Morgan fingerprint density at radius 1 is 1.64 bits per heavy atom. The number of likely N-dealkylation sites (tertiary alicyclic amines) is 1. The standard InChI is InChI=1S/C10H13NOS2/c12-10-3-9(6-13)5-11(10)4-8-1-2-14-7-8/h1-2,7,9,13H,3-6H2. The van der Waals surface area contributed by atoms with Crippen LogP contribution in [0.1, 0.15) is 12.0 Å². The largest absolute Gasteiger partial charge is 0.338 e. The second-order valence-electron chi connectivity index (χ2n) is 3.66. The normalized spacial score (nSPS) is 21.9. The van der Waals surface area contributed by atoms with Crippen LogP contribution in [0.5, 0.6) is 0 Å². The first-order valence-electron chi connectivity index (χ1n) is 4.69. The molecule has 2 heterocycles. The molecule has 0 N–H and O–H groups in total. The van der Waals surface area contributed by atoms with Gasteiger partial charge in [-0.3, -0.25) is 4.79 Å². The second kappa shape index (κ2) is 4.36. The third-order valence-electron chi connectivity index (χ3n) is 2.51. The molecular formula is C10H13NOS2. The molecule has 4 heteroatoms. The molecule has 1 aliphatic rings. The molecule has 1 aliphatic heterocycles. The van der Waals surface area contributed by atoms with Crippen LogP contribution in [0.4, 0.5) is 0 Å². The van der Waals surface area contributed by atoms with Crippen LogP contribution in [0, 0.1) is 5.92 Å². The summed E-state index contributed by atoms with van der Waals surface area (Å²) in [5.41, 5.74) is 1.24. The maximum Gasteiger partial charge on any atom is 0.223 e.